The molecule has 36 heavy (non-hydrogen) atoms. The van der Waals surface area contributed by atoms with Crippen LogP contribution in [0, 0.1) is 0 Å². The molecule has 2 heterocycles. The van der Waals surface area contributed by atoms with Crippen LogP contribution in [-0.2, 0) is 19.3 Å². The molecule has 0 aliphatic heterocycles. The highest BCUT2D eigenvalue weighted by atomic mass is 19.4. The van der Waals surface area contributed by atoms with Gasteiger partial charge in [-0.05, 0) is 49.7 Å². The van der Waals surface area contributed by atoms with Gasteiger partial charge in [-0.2, -0.15) is 13.2 Å². The Morgan fingerprint density at radius 3 is 2.64 bits per heavy atom. The second kappa shape index (κ2) is 9.90. The van der Waals surface area contributed by atoms with Crippen LogP contribution in [0.2, 0.25) is 0 Å². The molecule has 0 fully saturated rings. The monoisotopic (exact) mass is 501 g/mol. The Hall–Kier alpha value is -4.06. The first-order chi connectivity index (χ1) is 17.0. The van der Waals surface area contributed by atoms with Gasteiger partial charge in [-0.1, -0.05) is 11.2 Å². The molecule has 12 heteroatoms. The molecular weight excluding hydrogens is 475 g/mol. The van der Waals surface area contributed by atoms with E-state index in [1.807, 2.05) is 32.0 Å². The summed E-state index contributed by atoms with van der Waals surface area (Å²) in [5.74, 6) is 0.428. The SMILES string of the molecule is CC(C)Nc1ncc(-c2cc(N)cc(C(F)(F)F)c2)n(CCNCc2ccc3c(N)noc3c2)c1=O. The van der Waals surface area contributed by atoms with Gasteiger partial charge in [0.05, 0.1) is 22.8 Å². The molecule has 190 valence electrons. The van der Waals surface area contributed by atoms with E-state index in [0.717, 1.165) is 23.1 Å². The zero-order valence-electron chi connectivity index (χ0n) is 19.7. The molecule has 0 spiro atoms. The van der Waals surface area contributed by atoms with Crippen molar-refractivity contribution in [1.29, 1.82) is 0 Å². The summed E-state index contributed by atoms with van der Waals surface area (Å²) in [5, 5.41) is 10.7. The van der Waals surface area contributed by atoms with Gasteiger partial charge in [-0.15, -0.1) is 0 Å². The van der Waals surface area contributed by atoms with Gasteiger partial charge in [0.25, 0.3) is 5.56 Å². The van der Waals surface area contributed by atoms with Gasteiger partial charge in [0, 0.05) is 36.9 Å². The average Bonchev–Trinajstić information content (AvgIpc) is 3.17. The van der Waals surface area contributed by atoms with Crippen LogP contribution in [0.25, 0.3) is 22.2 Å². The molecule has 4 aromatic rings. The molecule has 0 atom stereocenters. The van der Waals surface area contributed by atoms with Crippen LogP contribution < -0.4 is 27.7 Å². The Bertz CT molecular complexity index is 1440. The summed E-state index contributed by atoms with van der Waals surface area (Å²) in [7, 11) is 0. The molecule has 2 aromatic carbocycles. The summed E-state index contributed by atoms with van der Waals surface area (Å²) in [4.78, 5) is 17.4. The number of halogens is 3. The Morgan fingerprint density at radius 1 is 1.14 bits per heavy atom. The van der Waals surface area contributed by atoms with E-state index in [2.05, 4.69) is 20.8 Å². The number of hydrogen-bond acceptors (Lipinski definition) is 8. The quantitative estimate of drug-likeness (QED) is 0.211. The number of rotatable bonds is 8. The fourth-order valence-corrected chi connectivity index (χ4v) is 3.81. The zero-order valence-corrected chi connectivity index (χ0v) is 19.7. The van der Waals surface area contributed by atoms with Crippen LogP contribution in [-0.4, -0.2) is 27.3 Å². The van der Waals surface area contributed by atoms with Gasteiger partial charge in [0.2, 0.25) is 0 Å². The van der Waals surface area contributed by atoms with Crippen LogP contribution in [0.4, 0.5) is 30.5 Å². The van der Waals surface area contributed by atoms with Crippen molar-refractivity contribution in [3.05, 3.63) is 64.1 Å². The Labute approximate surface area is 204 Å². The van der Waals surface area contributed by atoms with Gasteiger partial charge in [0.1, 0.15) is 0 Å². The minimum atomic E-state index is -4.58. The molecular formula is C24H26F3N7O2. The summed E-state index contributed by atoms with van der Waals surface area (Å²) in [6, 6.07) is 8.65. The maximum absolute atomic E-state index is 13.4. The Kier molecular flexibility index (Phi) is 6.88. The third-order valence-corrected chi connectivity index (χ3v) is 5.46. The molecule has 0 bridgehead atoms. The molecule has 6 N–H and O–H groups in total. The van der Waals surface area contributed by atoms with E-state index in [0.29, 0.717) is 24.5 Å². The van der Waals surface area contributed by atoms with Crippen molar-refractivity contribution in [2.75, 3.05) is 23.3 Å². The number of nitrogen functional groups attached to an aromatic ring is 2. The first kappa shape index (κ1) is 25.0. The van der Waals surface area contributed by atoms with Crippen molar-refractivity contribution < 1.29 is 17.7 Å². The third kappa shape index (κ3) is 5.43. The number of nitrogens with two attached hydrogens (primary N) is 2. The second-order valence-corrected chi connectivity index (χ2v) is 8.66. The van der Waals surface area contributed by atoms with Crippen molar-refractivity contribution in [2.45, 2.75) is 39.2 Å². The van der Waals surface area contributed by atoms with Crippen molar-refractivity contribution in [2.24, 2.45) is 0 Å². The second-order valence-electron chi connectivity index (χ2n) is 8.66. The van der Waals surface area contributed by atoms with Crippen molar-refractivity contribution >= 4 is 28.3 Å². The first-order valence-electron chi connectivity index (χ1n) is 11.2. The molecule has 9 nitrogen and oxygen atoms in total. The lowest BCUT2D eigenvalue weighted by atomic mass is 10.1. The summed E-state index contributed by atoms with van der Waals surface area (Å²) < 4.78 is 46.7. The highest BCUT2D eigenvalue weighted by Crippen LogP contribution is 2.34. The molecule has 0 unspecified atom stereocenters. The van der Waals surface area contributed by atoms with Crippen LogP contribution in [0.15, 0.2) is 51.9 Å². The lowest BCUT2D eigenvalue weighted by molar-refractivity contribution is -0.137. The number of anilines is 3. The number of nitrogens with one attached hydrogen (secondary N) is 2. The van der Waals surface area contributed by atoms with Gasteiger partial charge in [-0.25, -0.2) is 4.98 Å². The van der Waals surface area contributed by atoms with E-state index in [4.69, 9.17) is 16.0 Å². The molecule has 0 saturated carbocycles. The van der Waals surface area contributed by atoms with Crippen molar-refractivity contribution in [3.8, 4) is 11.3 Å². The highest BCUT2D eigenvalue weighted by Gasteiger charge is 2.31. The van der Waals surface area contributed by atoms with E-state index >= 15 is 0 Å². The molecule has 0 saturated heterocycles. The molecule has 0 aliphatic carbocycles. The lowest BCUT2D eigenvalue weighted by Crippen LogP contribution is -2.31. The van der Waals surface area contributed by atoms with Crippen LogP contribution in [0.5, 0.6) is 0 Å². The minimum absolute atomic E-state index is 0.0631. The summed E-state index contributed by atoms with van der Waals surface area (Å²) >= 11 is 0. The van der Waals surface area contributed by atoms with Crippen LogP contribution >= 0.6 is 0 Å². The van der Waals surface area contributed by atoms with E-state index < -0.39 is 17.3 Å². The van der Waals surface area contributed by atoms with Crippen molar-refractivity contribution in [3.63, 3.8) is 0 Å². The molecule has 4 rings (SSSR count). The van der Waals surface area contributed by atoms with Gasteiger partial charge >= 0.3 is 6.18 Å². The normalized spacial score (nSPS) is 11.9. The molecule has 2 aromatic heterocycles. The fraction of sp³-hybridized carbons (Fsp3) is 0.292. The largest absolute Gasteiger partial charge is 0.416 e. The lowest BCUT2D eigenvalue weighted by Gasteiger charge is -2.18. The van der Waals surface area contributed by atoms with E-state index in [-0.39, 0.29) is 35.3 Å². The van der Waals surface area contributed by atoms with Gasteiger partial charge in [0.15, 0.2) is 17.2 Å². The van der Waals surface area contributed by atoms with E-state index in [9.17, 15) is 18.0 Å². The maximum Gasteiger partial charge on any atom is 0.416 e. The summed E-state index contributed by atoms with van der Waals surface area (Å²) in [5.41, 5.74) is 11.9. The zero-order chi connectivity index (χ0) is 26.0. The van der Waals surface area contributed by atoms with Gasteiger partial charge < -0.3 is 31.2 Å². The van der Waals surface area contributed by atoms with E-state index in [1.54, 1.807) is 0 Å². The first-order valence-corrected chi connectivity index (χ1v) is 11.2. The number of aromatic nitrogens is 3. The van der Waals surface area contributed by atoms with Crippen molar-refractivity contribution in [1.82, 2.24) is 20.0 Å². The topological polar surface area (TPSA) is 137 Å². The number of fused-ring (bicyclic) bond motifs is 1. The smallest absolute Gasteiger partial charge is 0.399 e. The number of alkyl halides is 3. The van der Waals surface area contributed by atoms with Crippen LogP contribution in [0.3, 0.4) is 0 Å². The minimum Gasteiger partial charge on any atom is -0.399 e. The fourth-order valence-electron chi connectivity index (χ4n) is 3.81. The summed E-state index contributed by atoms with van der Waals surface area (Å²) in [6.45, 7) is 4.69. The molecule has 0 aliphatic rings. The standard InChI is InChI=1S/C24H26F3N7O2/c1-13(2)32-22-23(35)34(6-5-30-11-14-3-4-18-20(7-14)36-33-21(18)29)19(12-31-22)15-8-16(24(25,26)27)10-17(28)9-15/h3-4,7-10,12-13,30H,5-6,11,28H2,1-2H3,(H2,29,33)(H,31,32). The van der Waals surface area contributed by atoms with Gasteiger partial charge in [-0.3, -0.25) is 4.79 Å². The predicted octanol–water partition coefficient (Wildman–Crippen LogP) is 3.84. The number of hydrogen-bond donors (Lipinski definition) is 4. The number of nitrogens with zero attached hydrogens (tertiary/aromatic N) is 3. The Balaban J connectivity index is 1.60. The maximum atomic E-state index is 13.4. The average molecular weight is 502 g/mol. The Morgan fingerprint density at radius 2 is 1.92 bits per heavy atom. The third-order valence-electron chi connectivity index (χ3n) is 5.46. The van der Waals surface area contributed by atoms with Crippen LogP contribution in [0.1, 0.15) is 25.0 Å². The molecule has 0 amide bonds. The highest BCUT2D eigenvalue weighted by molar-refractivity contribution is 5.87. The summed E-state index contributed by atoms with van der Waals surface area (Å²) in [6.07, 6.45) is -3.21. The number of benzene rings is 2. The predicted molar refractivity (Wildman–Crippen MR) is 132 cm³/mol. The van der Waals surface area contributed by atoms with E-state index in [1.165, 1.54) is 16.8 Å². The molecule has 0 radical (unpaired) electrons.